The molecule has 0 aromatic heterocycles. The van der Waals surface area contributed by atoms with Crippen molar-refractivity contribution in [2.45, 2.75) is 39.2 Å². The highest BCUT2D eigenvalue weighted by atomic mass is 16.3. The van der Waals surface area contributed by atoms with Crippen molar-refractivity contribution in [1.29, 1.82) is 0 Å². The van der Waals surface area contributed by atoms with E-state index in [1.165, 1.54) is 11.0 Å². The second-order valence-electron chi connectivity index (χ2n) is 4.13. The molecule has 1 N–H and O–H groups in total. The number of hydrogen-bond acceptors (Lipinski definition) is 3. The lowest BCUT2D eigenvalue weighted by Gasteiger charge is -2.36. The van der Waals surface area contributed by atoms with Crippen molar-refractivity contribution in [3.05, 3.63) is 11.6 Å². The van der Waals surface area contributed by atoms with Crippen LogP contribution in [0.15, 0.2) is 11.6 Å². The van der Waals surface area contributed by atoms with Crippen LogP contribution in [-0.2, 0) is 9.59 Å². The van der Waals surface area contributed by atoms with Gasteiger partial charge in [-0.3, -0.25) is 14.5 Å². The third-order valence-corrected chi connectivity index (χ3v) is 3.05. The van der Waals surface area contributed by atoms with E-state index in [0.717, 1.165) is 0 Å². The molecule has 4 heteroatoms. The average molecular weight is 211 g/mol. The summed E-state index contributed by atoms with van der Waals surface area (Å²) in [5, 5.41) is 8.97. The Morgan fingerprint density at radius 3 is 2.40 bits per heavy atom. The van der Waals surface area contributed by atoms with Gasteiger partial charge in [-0.2, -0.15) is 0 Å². The van der Waals surface area contributed by atoms with Crippen LogP contribution in [0.1, 0.15) is 33.6 Å². The van der Waals surface area contributed by atoms with Gasteiger partial charge < -0.3 is 5.11 Å². The lowest BCUT2D eigenvalue weighted by atomic mass is 9.92. The predicted molar refractivity (Wildman–Crippen MR) is 56.0 cm³/mol. The highest BCUT2D eigenvalue weighted by Crippen LogP contribution is 2.28. The van der Waals surface area contributed by atoms with E-state index < -0.39 is 5.54 Å². The SMILES string of the molecule is CCC(C)(CCO)N1C(=O)C=C(C)C1=O. The van der Waals surface area contributed by atoms with Crippen LogP contribution < -0.4 is 0 Å². The average Bonchev–Trinajstić information content (AvgIpc) is 2.42. The third kappa shape index (κ3) is 1.95. The van der Waals surface area contributed by atoms with Gasteiger partial charge in [-0.05, 0) is 26.7 Å². The summed E-state index contributed by atoms with van der Waals surface area (Å²) in [6.07, 6.45) is 2.42. The summed E-state index contributed by atoms with van der Waals surface area (Å²) in [6, 6.07) is 0. The summed E-state index contributed by atoms with van der Waals surface area (Å²) in [6.45, 7) is 5.34. The summed E-state index contributed by atoms with van der Waals surface area (Å²) >= 11 is 0. The largest absolute Gasteiger partial charge is 0.396 e. The number of hydrogen-bond donors (Lipinski definition) is 1. The molecule has 1 heterocycles. The first-order valence-electron chi connectivity index (χ1n) is 5.14. The van der Waals surface area contributed by atoms with Crippen molar-refractivity contribution in [2.24, 2.45) is 0 Å². The van der Waals surface area contributed by atoms with Crippen molar-refractivity contribution in [1.82, 2.24) is 4.90 Å². The van der Waals surface area contributed by atoms with Crippen molar-refractivity contribution >= 4 is 11.8 Å². The Bertz CT molecular complexity index is 322. The quantitative estimate of drug-likeness (QED) is 0.701. The van der Waals surface area contributed by atoms with Crippen LogP contribution in [0.2, 0.25) is 0 Å². The maximum absolute atomic E-state index is 11.8. The Balaban J connectivity index is 2.97. The van der Waals surface area contributed by atoms with Gasteiger partial charge >= 0.3 is 0 Å². The molecule has 4 nitrogen and oxygen atoms in total. The van der Waals surface area contributed by atoms with Gasteiger partial charge in [0.15, 0.2) is 0 Å². The number of carbonyl (C=O) groups is 2. The number of carbonyl (C=O) groups excluding carboxylic acids is 2. The van der Waals surface area contributed by atoms with Crippen LogP contribution in [0, 0.1) is 0 Å². The zero-order valence-electron chi connectivity index (χ0n) is 9.41. The van der Waals surface area contributed by atoms with Crippen LogP contribution in [0.5, 0.6) is 0 Å². The highest BCUT2D eigenvalue weighted by molar-refractivity contribution is 6.16. The summed E-state index contributed by atoms with van der Waals surface area (Å²) in [7, 11) is 0. The van der Waals surface area contributed by atoms with E-state index in [9.17, 15) is 9.59 Å². The maximum atomic E-state index is 11.8. The smallest absolute Gasteiger partial charge is 0.257 e. The molecule has 1 aliphatic heterocycles. The first-order valence-corrected chi connectivity index (χ1v) is 5.14. The van der Waals surface area contributed by atoms with Crippen LogP contribution >= 0.6 is 0 Å². The van der Waals surface area contributed by atoms with Gasteiger partial charge in [0.05, 0.1) is 5.54 Å². The van der Waals surface area contributed by atoms with Gasteiger partial charge in [-0.15, -0.1) is 0 Å². The number of imide groups is 1. The predicted octanol–water partition coefficient (Wildman–Crippen LogP) is 0.853. The minimum atomic E-state index is -0.572. The van der Waals surface area contributed by atoms with Crippen molar-refractivity contribution in [3.63, 3.8) is 0 Å². The minimum Gasteiger partial charge on any atom is -0.396 e. The summed E-state index contributed by atoms with van der Waals surface area (Å²) in [4.78, 5) is 24.6. The molecule has 1 aliphatic rings. The molecule has 0 spiro atoms. The van der Waals surface area contributed by atoms with E-state index in [1.807, 2.05) is 13.8 Å². The third-order valence-electron chi connectivity index (χ3n) is 3.05. The van der Waals surface area contributed by atoms with Crippen LogP contribution in [0.25, 0.3) is 0 Å². The number of nitrogens with zero attached hydrogens (tertiary/aromatic N) is 1. The van der Waals surface area contributed by atoms with Crippen LogP contribution in [-0.4, -0.2) is 34.0 Å². The molecule has 0 aliphatic carbocycles. The molecule has 15 heavy (non-hydrogen) atoms. The van der Waals surface area contributed by atoms with E-state index >= 15 is 0 Å². The zero-order valence-corrected chi connectivity index (χ0v) is 9.41. The molecule has 0 radical (unpaired) electrons. The lowest BCUT2D eigenvalue weighted by Crippen LogP contribution is -2.50. The Hall–Kier alpha value is -1.16. The molecule has 0 bridgehead atoms. The van der Waals surface area contributed by atoms with Gasteiger partial charge in [0, 0.05) is 18.3 Å². The molecule has 1 unspecified atom stereocenters. The fourth-order valence-electron chi connectivity index (χ4n) is 1.79. The minimum absolute atomic E-state index is 0.0273. The molecule has 84 valence electrons. The fourth-order valence-corrected chi connectivity index (χ4v) is 1.79. The van der Waals surface area contributed by atoms with Crippen LogP contribution in [0.4, 0.5) is 0 Å². The normalized spacial score (nSPS) is 20.5. The van der Waals surface area contributed by atoms with Gasteiger partial charge in [-0.1, -0.05) is 6.92 Å². The zero-order chi connectivity index (χ0) is 11.6. The number of aliphatic hydroxyl groups excluding tert-OH is 1. The van der Waals surface area contributed by atoms with E-state index in [-0.39, 0.29) is 18.4 Å². The van der Waals surface area contributed by atoms with E-state index in [2.05, 4.69) is 0 Å². The summed E-state index contributed by atoms with van der Waals surface area (Å²) < 4.78 is 0. The second-order valence-corrected chi connectivity index (χ2v) is 4.13. The van der Waals surface area contributed by atoms with E-state index in [4.69, 9.17) is 5.11 Å². The molecule has 2 amide bonds. The molecular weight excluding hydrogens is 194 g/mol. The van der Waals surface area contributed by atoms with E-state index in [1.54, 1.807) is 6.92 Å². The molecule has 1 rings (SSSR count). The number of rotatable bonds is 4. The van der Waals surface area contributed by atoms with Crippen molar-refractivity contribution in [3.8, 4) is 0 Å². The van der Waals surface area contributed by atoms with Gasteiger partial charge in [-0.25, -0.2) is 0 Å². The number of aliphatic hydroxyl groups is 1. The second kappa shape index (κ2) is 4.14. The van der Waals surface area contributed by atoms with Crippen LogP contribution in [0.3, 0.4) is 0 Å². The molecule has 0 saturated carbocycles. The van der Waals surface area contributed by atoms with E-state index in [0.29, 0.717) is 18.4 Å². The first kappa shape index (κ1) is 11.9. The fraction of sp³-hybridized carbons (Fsp3) is 0.636. The summed E-state index contributed by atoms with van der Waals surface area (Å²) in [5.74, 6) is -0.506. The van der Waals surface area contributed by atoms with Gasteiger partial charge in [0.2, 0.25) is 0 Å². The van der Waals surface area contributed by atoms with Gasteiger partial charge in [0.1, 0.15) is 0 Å². The lowest BCUT2D eigenvalue weighted by molar-refractivity contribution is -0.144. The van der Waals surface area contributed by atoms with Gasteiger partial charge in [0.25, 0.3) is 11.8 Å². The topological polar surface area (TPSA) is 57.6 Å². The first-order chi connectivity index (χ1) is 6.96. The molecule has 0 aromatic rings. The molecule has 0 fully saturated rings. The molecule has 0 aromatic carbocycles. The Morgan fingerprint density at radius 2 is 2.07 bits per heavy atom. The Labute approximate surface area is 89.6 Å². The highest BCUT2D eigenvalue weighted by Gasteiger charge is 2.41. The monoisotopic (exact) mass is 211 g/mol. The van der Waals surface area contributed by atoms with Crippen molar-refractivity contribution in [2.75, 3.05) is 6.61 Å². The summed E-state index contributed by atoms with van der Waals surface area (Å²) in [5.41, 5.74) is -0.102. The van der Waals surface area contributed by atoms with Crippen molar-refractivity contribution < 1.29 is 14.7 Å². The molecule has 0 saturated heterocycles. The molecular formula is C11H17NO3. The molecule has 1 atom stereocenters. The Morgan fingerprint density at radius 1 is 1.47 bits per heavy atom. The standard InChI is InChI=1S/C11H17NO3/c1-4-11(3,5-6-13)12-9(14)7-8(2)10(12)15/h7,13H,4-6H2,1-3H3. The Kier molecular flexibility index (Phi) is 3.29. The number of amides is 2. The maximum Gasteiger partial charge on any atom is 0.257 e.